The highest BCUT2D eigenvalue weighted by molar-refractivity contribution is 5.79. The highest BCUT2D eigenvalue weighted by Gasteiger charge is 2.03. The Hall–Kier alpha value is -1.60. The smallest absolute Gasteiger partial charge is 0.206 e. The number of hydrazine groups is 1. The van der Waals surface area contributed by atoms with Gasteiger partial charge in [-0.25, -0.2) is 5.84 Å². The summed E-state index contributed by atoms with van der Waals surface area (Å²) in [6.45, 7) is 3.24. The number of methoxy groups -OCH3 is 1. The van der Waals surface area contributed by atoms with E-state index in [4.69, 9.17) is 10.6 Å². The van der Waals surface area contributed by atoms with Gasteiger partial charge in [0.05, 0.1) is 6.61 Å². The third-order valence-corrected chi connectivity index (χ3v) is 2.50. The van der Waals surface area contributed by atoms with E-state index in [1.165, 1.54) is 0 Å². The second kappa shape index (κ2) is 7.67. The summed E-state index contributed by atoms with van der Waals surface area (Å²) in [5.41, 5.74) is 3.69. The van der Waals surface area contributed by atoms with Gasteiger partial charge < -0.3 is 10.1 Å². The molecule has 4 N–H and O–H groups in total. The predicted molar refractivity (Wildman–Crippen MR) is 71.0 cm³/mol. The van der Waals surface area contributed by atoms with Crippen LogP contribution in [-0.2, 0) is 18.2 Å². The minimum absolute atomic E-state index is 0.154. The summed E-state index contributed by atoms with van der Waals surface area (Å²) in [6, 6.07) is 2.13. The molecule has 7 nitrogen and oxygen atoms in total. The lowest BCUT2D eigenvalue weighted by molar-refractivity contribution is 0.179. The van der Waals surface area contributed by atoms with Crippen molar-refractivity contribution in [2.24, 2.45) is 17.9 Å². The fourth-order valence-electron chi connectivity index (χ4n) is 1.59. The molecule has 0 aliphatic rings. The summed E-state index contributed by atoms with van der Waals surface area (Å²) < 4.78 is 6.87. The van der Waals surface area contributed by atoms with Crippen LogP contribution in [0.2, 0.25) is 0 Å². The molecule has 1 aromatic rings. The Balaban J connectivity index is 2.40. The maximum atomic E-state index is 5.40. The van der Waals surface area contributed by atoms with E-state index < -0.39 is 0 Å². The molecule has 0 fully saturated rings. The fourth-order valence-corrected chi connectivity index (χ4v) is 1.59. The molecule has 0 aliphatic heterocycles. The molecule has 0 bridgehead atoms. The summed E-state index contributed by atoms with van der Waals surface area (Å²) in [5.74, 6) is 5.98. The summed E-state index contributed by atoms with van der Waals surface area (Å²) in [5, 5.41) is 7.23. The number of rotatable bonds is 6. The molecule has 102 valence electrons. The highest BCUT2D eigenvalue weighted by Crippen LogP contribution is 1.97. The van der Waals surface area contributed by atoms with Crippen molar-refractivity contribution < 1.29 is 4.74 Å². The second-order valence-electron chi connectivity index (χ2n) is 4.07. The first-order chi connectivity index (χ1) is 8.67. The van der Waals surface area contributed by atoms with Crippen LogP contribution < -0.4 is 16.6 Å². The number of nitrogens with zero attached hydrogens (tertiary/aromatic N) is 3. The number of hydrogen-bond donors (Lipinski definition) is 3. The number of aliphatic imine (C=N–C) groups is 1. The Morgan fingerprint density at radius 2 is 2.44 bits per heavy atom. The van der Waals surface area contributed by atoms with E-state index >= 15 is 0 Å². The molecule has 0 aliphatic carbocycles. The number of nitrogens with one attached hydrogen (secondary N) is 2. The first-order valence-electron chi connectivity index (χ1n) is 5.90. The lowest BCUT2D eigenvalue weighted by atomic mass is 10.3. The average molecular weight is 254 g/mol. The van der Waals surface area contributed by atoms with E-state index in [1.54, 1.807) is 13.3 Å². The topological polar surface area (TPSA) is 89.5 Å². The van der Waals surface area contributed by atoms with Crippen molar-refractivity contribution in [3.63, 3.8) is 0 Å². The van der Waals surface area contributed by atoms with Crippen LogP contribution in [0.5, 0.6) is 0 Å². The monoisotopic (exact) mass is 254 g/mol. The molecular formula is C11H22N6O. The molecule has 0 spiro atoms. The Morgan fingerprint density at radius 3 is 3.00 bits per heavy atom. The fraction of sp³-hybridized carbons (Fsp3) is 0.636. The third kappa shape index (κ3) is 4.72. The van der Waals surface area contributed by atoms with Gasteiger partial charge in [-0.15, -0.1) is 0 Å². The Bertz CT molecular complexity index is 375. The SMILES string of the molecule is COCC(C)NC(=NCCc1ccnn1C)NN. The Kier molecular flexibility index (Phi) is 6.16. The van der Waals surface area contributed by atoms with Crippen LogP contribution in [0, 0.1) is 0 Å². The molecule has 18 heavy (non-hydrogen) atoms. The van der Waals surface area contributed by atoms with E-state index in [0.29, 0.717) is 19.1 Å². The number of aryl methyl sites for hydroxylation is 1. The average Bonchev–Trinajstić information content (AvgIpc) is 2.74. The number of guanidine groups is 1. The molecule has 1 aromatic heterocycles. The lowest BCUT2D eigenvalue weighted by Gasteiger charge is -2.15. The van der Waals surface area contributed by atoms with Crippen LogP contribution in [0.4, 0.5) is 0 Å². The Morgan fingerprint density at radius 1 is 1.67 bits per heavy atom. The van der Waals surface area contributed by atoms with Gasteiger partial charge in [-0.2, -0.15) is 5.10 Å². The van der Waals surface area contributed by atoms with Crippen molar-refractivity contribution in [1.82, 2.24) is 20.5 Å². The van der Waals surface area contributed by atoms with E-state index in [9.17, 15) is 0 Å². The molecule has 0 amide bonds. The maximum absolute atomic E-state index is 5.40. The highest BCUT2D eigenvalue weighted by atomic mass is 16.5. The van der Waals surface area contributed by atoms with E-state index in [-0.39, 0.29) is 6.04 Å². The number of aromatic nitrogens is 2. The molecule has 0 saturated heterocycles. The normalized spacial score (nSPS) is 13.4. The van der Waals surface area contributed by atoms with Gasteiger partial charge in [-0.1, -0.05) is 0 Å². The van der Waals surface area contributed by atoms with Gasteiger partial charge in [0, 0.05) is 45.1 Å². The van der Waals surface area contributed by atoms with Crippen molar-refractivity contribution in [3.05, 3.63) is 18.0 Å². The standard InChI is InChI=1S/C11H22N6O/c1-9(8-18-3)15-11(16-12)13-6-4-10-5-7-14-17(10)2/h5,7,9H,4,6,8,12H2,1-3H3,(H2,13,15,16). The largest absolute Gasteiger partial charge is 0.383 e. The van der Waals surface area contributed by atoms with E-state index in [0.717, 1.165) is 12.1 Å². The quantitative estimate of drug-likeness (QED) is 0.273. The van der Waals surface area contributed by atoms with Crippen LogP contribution in [0.15, 0.2) is 17.3 Å². The summed E-state index contributed by atoms with van der Waals surface area (Å²) in [7, 11) is 3.58. The van der Waals surface area contributed by atoms with Crippen molar-refractivity contribution in [2.45, 2.75) is 19.4 Å². The molecule has 7 heteroatoms. The number of nitrogens with two attached hydrogens (primary N) is 1. The Labute approximate surface area is 107 Å². The molecule has 1 rings (SSSR count). The van der Waals surface area contributed by atoms with Crippen LogP contribution in [-0.4, -0.2) is 42.0 Å². The zero-order valence-corrected chi connectivity index (χ0v) is 11.2. The van der Waals surface area contributed by atoms with Crippen LogP contribution in [0.3, 0.4) is 0 Å². The summed E-state index contributed by atoms with van der Waals surface area (Å²) >= 11 is 0. The van der Waals surface area contributed by atoms with Gasteiger partial charge >= 0.3 is 0 Å². The van der Waals surface area contributed by atoms with Crippen LogP contribution in [0.1, 0.15) is 12.6 Å². The predicted octanol–water partition coefficient (Wildman–Crippen LogP) is -0.594. The summed E-state index contributed by atoms with van der Waals surface area (Å²) in [4.78, 5) is 4.35. The molecule has 0 radical (unpaired) electrons. The first kappa shape index (κ1) is 14.5. The van der Waals surface area contributed by atoms with Gasteiger partial charge in [0.25, 0.3) is 0 Å². The van der Waals surface area contributed by atoms with Crippen LogP contribution >= 0.6 is 0 Å². The zero-order valence-electron chi connectivity index (χ0n) is 11.2. The number of ether oxygens (including phenoxy) is 1. The molecule has 0 aromatic carbocycles. The minimum Gasteiger partial charge on any atom is -0.383 e. The maximum Gasteiger partial charge on any atom is 0.206 e. The van der Waals surface area contributed by atoms with Gasteiger partial charge in [0.2, 0.25) is 5.96 Å². The number of hydrogen-bond acceptors (Lipinski definition) is 4. The lowest BCUT2D eigenvalue weighted by Crippen LogP contribution is -2.47. The van der Waals surface area contributed by atoms with Crippen molar-refractivity contribution in [2.75, 3.05) is 20.3 Å². The van der Waals surface area contributed by atoms with Gasteiger partial charge in [0.1, 0.15) is 0 Å². The second-order valence-corrected chi connectivity index (χ2v) is 4.07. The minimum atomic E-state index is 0.154. The van der Waals surface area contributed by atoms with Crippen molar-refractivity contribution in [1.29, 1.82) is 0 Å². The van der Waals surface area contributed by atoms with Crippen molar-refractivity contribution in [3.8, 4) is 0 Å². The first-order valence-corrected chi connectivity index (χ1v) is 5.90. The van der Waals surface area contributed by atoms with E-state index in [1.807, 2.05) is 24.7 Å². The molecule has 0 saturated carbocycles. The molecule has 1 heterocycles. The van der Waals surface area contributed by atoms with Gasteiger partial charge in [0.15, 0.2) is 0 Å². The van der Waals surface area contributed by atoms with Crippen LogP contribution in [0.25, 0.3) is 0 Å². The third-order valence-electron chi connectivity index (χ3n) is 2.50. The molecule has 1 atom stereocenters. The van der Waals surface area contributed by atoms with Crippen molar-refractivity contribution >= 4 is 5.96 Å². The molecule has 1 unspecified atom stereocenters. The zero-order chi connectivity index (χ0) is 13.4. The summed E-state index contributed by atoms with van der Waals surface area (Å²) in [6.07, 6.45) is 2.60. The van der Waals surface area contributed by atoms with Gasteiger partial charge in [-0.05, 0) is 13.0 Å². The van der Waals surface area contributed by atoms with E-state index in [2.05, 4.69) is 20.8 Å². The van der Waals surface area contributed by atoms with Gasteiger partial charge in [-0.3, -0.25) is 15.1 Å². The molecular weight excluding hydrogens is 232 g/mol.